The standard InChI is InChI=1S/C32H34FN3O4.C25H32FN4O8P.C11H16FN3O4.2CH4.H14P13/c1-4-31(21-37)22(2)28(33)29(40-31)36-20-19-27(34-30(36)38)35-32(23-11-7-5-8-12-23,24-13-9-6-10-14-24)25-15-17-26(39-3)18-16-25;1-16(23(32)36-17-8-4-2-5-9-17)30-14-25(15-35-39(30,34)38-18-10-6-3-7-11-18)21(31)20(26)22(37-25)29-13-12-19(27)28-24(29)33;1-2-11(5-16)8(17)7(12)9(19-11)15-4-3-6(13)14-10(15)18;;;1-8-12(9(2)3)13(10(4)5)11(6)7/h5-20,22,28-29,37H,4,21H2,1-3H3,(H,34,35,38);3,6-7,10-13,16-17,20-22,31H,2,4-5,8-9,14-15H2,1H3,(H2,27,28,33);3-4,7-9,16-17H,2,5H2,1H3,(H2,13,14,18);2*1H4;1-7H2/q;;;;;-1/t22-,28+,29+,31+;16-,20+,21-,22+,25+,39?;7-,8+,9-,11-;;;/m001.../s1. The first kappa shape index (κ1) is 97.4. The monoisotopic (exact) mass is 1830 g/mol. The number of alkyl halides is 3. The van der Waals surface area contributed by atoms with Gasteiger partial charge in [0.25, 0.3) is 0 Å². The summed E-state index contributed by atoms with van der Waals surface area (Å²) in [6.45, 7) is 5.58. The summed E-state index contributed by atoms with van der Waals surface area (Å²) in [6, 6.07) is 38.9. The fourth-order valence-electron chi connectivity index (χ4n) is 13.5. The summed E-state index contributed by atoms with van der Waals surface area (Å²) in [5.41, 5.74) is 6.19. The summed E-state index contributed by atoms with van der Waals surface area (Å²) in [4.78, 5) is 62.0. The summed E-state index contributed by atoms with van der Waals surface area (Å²) in [7, 11) is 20.0. The van der Waals surface area contributed by atoms with E-state index in [-0.39, 0.29) is 86.3 Å². The minimum Gasteiger partial charge on any atom is -0.497 e. The SMILES string of the molecule is C.C.CC[C@]1(CO)O[C@@H](n2ccc(N)nc2=O)[C@H](F)[C@@H]1O.CC[C@]1(CO)O[C@@H](n2ccc(NC(c3ccccc3)(c3ccccc3)c3ccc(OC)cc3)nc2=O)[C@H](F)[C@@H]1C.C[C@@H](C(=O)OC1CCCCC1)N1C[C@]2(COP1(=O)Oc1ccccc1)O[C@@H](n1ccc(N)nc1=O)[C@H](F)[C@@H]2O.P[P-]P(P(P)P)P(P(P)P)P(P)P. The van der Waals surface area contributed by atoms with Crippen molar-refractivity contribution >= 4 is 137 Å². The van der Waals surface area contributed by atoms with Gasteiger partial charge < -0.3 is 73.4 Å². The van der Waals surface area contributed by atoms with Crippen molar-refractivity contribution in [3.05, 3.63) is 200 Å². The molecule has 9 unspecified atom stereocenters. The van der Waals surface area contributed by atoms with Gasteiger partial charge in [-0.25, -0.2) is 32.1 Å². The highest BCUT2D eigenvalue weighted by atomic mass is 33.3. The summed E-state index contributed by atoms with van der Waals surface area (Å²) < 4.78 is 103. The molecule has 0 radical (unpaired) electrons. The summed E-state index contributed by atoms with van der Waals surface area (Å²) in [5.74, 6) is -0.0266. The van der Waals surface area contributed by atoms with E-state index in [1.165, 1.54) is 42.2 Å². The fraction of sp³-hybridized carbons (Fsp3) is 0.471. The number of nitrogen functional groups attached to an aromatic ring is 2. The molecular formula is C70H104F3N10O16P14-. The Kier molecular flexibility index (Phi) is 37.6. The Labute approximate surface area is 680 Å². The smallest absolute Gasteiger partial charge is 0.462 e. The van der Waals surface area contributed by atoms with Crippen molar-refractivity contribution in [2.24, 2.45) is 5.92 Å². The molecule has 4 aromatic carbocycles. The van der Waals surface area contributed by atoms with E-state index in [9.17, 15) is 48.6 Å². The van der Waals surface area contributed by atoms with Crippen LogP contribution in [0.4, 0.5) is 30.6 Å². The molecule has 43 heteroatoms. The van der Waals surface area contributed by atoms with Gasteiger partial charge >= 0.3 is 30.8 Å². The number of nitrogens with two attached hydrogens (primary N) is 2. The minimum atomic E-state index is -4.22. The van der Waals surface area contributed by atoms with Crippen LogP contribution < -0.4 is 43.1 Å². The number of esters is 1. The number of aromatic nitrogens is 6. The number of para-hydroxylation sites is 1. The van der Waals surface area contributed by atoms with Gasteiger partial charge in [0.2, 0.25) is 0 Å². The van der Waals surface area contributed by atoms with E-state index in [0.717, 1.165) is 68.3 Å². The number of nitrogens with one attached hydrogen (secondary N) is 1. The average molecular weight is 1830 g/mol. The molecule has 7 heterocycles. The Bertz CT molecular complexity index is 4370. The van der Waals surface area contributed by atoms with Gasteiger partial charge in [-0.2, -0.15) is 26.6 Å². The fourth-order valence-corrected chi connectivity index (χ4v) is 137. The second kappa shape index (κ2) is 43.6. The Balaban J connectivity index is 0.000000226. The average Bonchev–Trinajstić information content (AvgIpc) is 1.72. The molecule has 3 aromatic heterocycles. The number of carbonyl (C=O) groups excluding carboxylic acids is 1. The molecule has 0 bridgehead atoms. The topological polar surface area (TPSA) is 352 Å². The molecule has 1 aliphatic carbocycles. The lowest BCUT2D eigenvalue weighted by Crippen LogP contribution is -2.59. The van der Waals surface area contributed by atoms with Crippen LogP contribution in [0.1, 0.15) is 123 Å². The molecule has 9 N–H and O–H groups in total. The number of rotatable bonds is 23. The van der Waals surface area contributed by atoms with Crippen LogP contribution in [-0.2, 0) is 38.4 Å². The molecular weight excluding hydrogens is 1730 g/mol. The number of aliphatic hydroxyl groups excluding tert-OH is 4. The minimum absolute atomic E-state index is 0. The van der Waals surface area contributed by atoms with Gasteiger partial charge in [-0.05, 0) is 126 Å². The third-order valence-corrected chi connectivity index (χ3v) is 92.5. The Hall–Kier alpha value is -2.76. The molecule has 0 amide bonds. The van der Waals surface area contributed by atoms with E-state index < -0.39 is 134 Å². The molecule has 22 atom stereocenters. The maximum absolute atomic E-state index is 15.5. The highest BCUT2D eigenvalue weighted by molar-refractivity contribution is 9.24. The number of carbonyl (C=O) groups is 1. The number of benzene rings is 4. The van der Waals surface area contributed by atoms with E-state index in [4.69, 9.17) is 44.2 Å². The lowest BCUT2D eigenvalue weighted by Gasteiger charge is -2.45. The molecule has 26 nitrogen and oxygen atoms in total. The zero-order valence-electron chi connectivity index (χ0n) is 61.3. The molecule has 1 spiro atoms. The molecule has 5 fully saturated rings. The summed E-state index contributed by atoms with van der Waals surface area (Å²) in [6.07, 6.45) is -4.05. The first-order chi connectivity index (χ1) is 52.9. The van der Waals surface area contributed by atoms with Crippen LogP contribution in [0.15, 0.2) is 166 Å². The Morgan fingerprint density at radius 1 is 0.664 bits per heavy atom. The second-order valence-electron chi connectivity index (χ2n) is 26.6. The third-order valence-electron chi connectivity index (χ3n) is 19.9. The largest absolute Gasteiger partial charge is 0.497 e. The van der Waals surface area contributed by atoms with E-state index in [0.29, 0.717) is 12.2 Å². The molecule has 1 saturated carbocycles. The highest BCUT2D eigenvalue weighted by Gasteiger charge is 2.64. The van der Waals surface area contributed by atoms with Crippen LogP contribution in [-0.4, -0.2) is 153 Å². The first-order valence-corrected chi connectivity index (χ1v) is 59.0. The summed E-state index contributed by atoms with van der Waals surface area (Å²) >= 11 is 0. The maximum atomic E-state index is 15.5. The molecule has 622 valence electrons. The number of ether oxygens (including phenoxy) is 5. The van der Waals surface area contributed by atoms with Crippen molar-refractivity contribution in [2.45, 2.75) is 171 Å². The van der Waals surface area contributed by atoms with Gasteiger partial charge in [0, 0.05) is 31.1 Å². The van der Waals surface area contributed by atoms with Gasteiger partial charge in [-0.3, -0.25) is 31.9 Å². The molecule has 113 heavy (non-hydrogen) atoms. The van der Waals surface area contributed by atoms with E-state index >= 15 is 8.78 Å². The van der Waals surface area contributed by atoms with Gasteiger partial charge in [0.1, 0.15) is 70.0 Å². The van der Waals surface area contributed by atoms with Crippen molar-refractivity contribution in [2.75, 3.05) is 50.3 Å². The van der Waals surface area contributed by atoms with E-state index in [1.54, 1.807) is 65.3 Å². The van der Waals surface area contributed by atoms with Crippen molar-refractivity contribution in [3.8, 4) is 11.5 Å². The molecule has 7 aromatic rings. The number of aliphatic hydroxyl groups is 4. The Morgan fingerprint density at radius 3 is 1.56 bits per heavy atom. The number of nitrogens with zero attached hydrogens (tertiary/aromatic N) is 7. The van der Waals surface area contributed by atoms with Gasteiger partial charge in [0.05, 0.1) is 32.5 Å². The number of halogens is 3. The van der Waals surface area contributed by atoms with Crippen LogP contribution >= 0.6 is 113 Å². The normalized spacial score (nSPS) is 26.9. The number of hydrogen-bond donors (Lipinski definition) is 7. The number of methoxy groups -OCH3 is 1. The zero-order chi connectivity index (χ0) is 80.9. The third kappa shape index (κ3) is 22.3. The van der Waals surface area contributed by atoms with Crippen LogP contribution in [0.25, 0.3) is 0 Å². The van der Waals surface area contributed by atoms with Crippen molar-refractivity contribution < 1.29 is 75.7 Å². The lowest BCUT2D eigenvalue weighted by molar-refractivity contribution is -0.165. The lowest BCUT2D eigenvalue weighted by atomic mass is 9.77. The maximum Gasteiger partial charge on any atom is 0.462 e. The molecule has 5 aliphatic rings. The van der Waals surface area contributed by atoms with Crippen LogP contribution in [0.2, 0.25) is 0 Å². The van der Waals surface area contributed by atoms with Crippen molar-refractivity contribution in [1.29, 1.82) is 0 Å². The Morgan fingerprint density at radius 2 is 1.12 bits per heavy atom. The summed E-state index contributed by atoms with van der Waals surface area (Å²) in [5, 5.41) is 43.7. The van der Waals surface area contributed by atoms with Crippen molar-refractivity contribution in [1.82, 2.24) is 33.3 Å². The molecule has 12 rings (SSSR count). The first-order valence-electron chi connectivity index (χ1n) is 35.1. The predicted octanol–water partition coefficient (Wildman–Crippen LogP) is 15.8. The van der Waals surface area contributed by atoms with Crippen LogP contribution in [0, 0.1) is 5.92 Å². The second-order valence-corrected chi connectivity index (χ2v) is 75.1. The van der Waals surface area contributed by atoms with Gasteiger partial charge in [-0.15, -0.1) is 53.6 Å². The quantitative estimate of drug-likeness (QED) is 0.0178. The van der Waals surface area contributed by atoms with E-state index in [1.807, 2.05) is 91.9 Å². The van der Waals surface area contributed by atoms with Crippen LogP contribution in [0.5, 0.6) is 11.5 Å². The van der Waals surface area contributed by atoms with Crippen molar-refractivity contribution in [3.63, 3.8) is 0 Å². The highest BCUT2D eigenvalue weighted by Crippen LogP contribution is 3.18. The predicted molar refractivity (Wildman–Crippen MR) is 476 cm³/mol. The molecule has 4 saturated heterocycles. The van der Waals surface area contributed by atoms with Crippen LogP contribution in [0.3, 0.4) is 0 Å². The van der Waals surface area contributed by atoms with Gasteiger partial charge in [0.15, 0.2) is 37.2 Å². The number of anilines is 3. The molecule has 4 aliphatic heterocycles. The van der Waals surface area contributed by atoms with Gasteiger partial charge in [-0.1, -0.05) is 140 Å². The number of hydrogen-bond acceptors (Lipinski definition) is 22. The zero-order valence-corrected chi connectivity index (χ0v) is 75.7. The van der Waals surface area contributed by atoms with E-state index in [2.05, 4.69) is 82.8 Å².